The maximum Gasteiger partial charge on any atom is 0.411 e. The molecule has 3 rings (SSSR count). The van der Waals surface area contributed by atoms with E-state index in [0.29, 0.717) is 12.3 Å². The first kappa shape index (κ1) is 16.3. The molecule has 0 aliphatic carbocycles. The Bertz CT molecular complexity index is 889. The molecule has 3 aromatic rings. The van der Waals surface area contributed by atoms with E-state index in [4.69, 9.17) is 4.74 Å². The van der Waals surface area contributed by atoms with E-state index in [0.717, 1.165) is 32.1 Å². The number of amides is 1. The van der Waals surface area contributed by atoms with Crippen LogP contribution in [0.4, 0.5) is 10.5 Å². The fourth-order valence-corrected chi connectivity index (χ4v) is 3.33. The molecule has 0 atom stereocenters. The molecular formula is C18H18N2O3S. The minimum atomic E-state index is -0.487. The number of nitrogens with zero attached hydrogens (tertiary/aromatic N) is 1. The van der Waals surface area contributed by atoms with Crippen molar-refractivity contribution in [2.24, 2.45) is 0 Å². The number of anilines is 1. The van der Waals surface area contributed by atoms with Crippen LogP contribution in [0.1, 0.15) is 16.1 Å². The summed E-state index contributed by atoms with van der Waals surface area (Å²) in [6.07, 6.45) is -0.487. The molecule has 0 saturated carbocycles. The van der Waals surface area contributed by atoms with Crippen molar-refractivity contribution in [3.8, 4) is 5.75 Å². The van der Waals surface area contributed by atoms with E-state index < -0.39 is 6.09 Å². The van der Waals surface area contributed by atoms with Crippen molar-refractivity contribution in [2.75, 3.05) is 12.4 Å². The second-order valence-electron chi connectivity index (χ2n) is 5.38. The molecule has 24 heavy (non-hydrogen) atoms. The summed E-state index contributed by atoms with van der Waals surface area (Å²) < 4.78 is 11.7. The summed E-state index contributed by atoms with van der Waals surface area (Å²) in [7, 11) is 1.34. The molecule has 1 heterocycles. The lowest BCUT2D eigenvalue weighted by Gasteiger charge is -2.11. The number of rotatable bonds is 4. The molecule has 0 spiro atoms. The van der Waals surface area contributed by atoms with Gasteiger partial charge in [-0.1, -0.05) is 12.1 Å². The van der Waals surface area contributed by atoms with Crippen LogP contribution in [0, 0.1) is 13.8 Å². The van der Waals surface area contributed by atoms with Gasteiger partial charge in [0, 0.05) is 11.3 Å². The summed E-state index contributed by atoms with van der Waals surface area (Å²) in [6, 6.07) is 11.6. The van der Waals surface area contributed by atoms with Gasteiger partial charge in [0.15, 0.2) is 0 Å². The van der Waals surface area contributed by atoms with Crippen LogP contribution in [-0.2, 0) is 11.3 Å². The molecule has 0 fully saturated rings. The standard InChI is InChI=1S/C18H18N2O3S/c1-11-9-14(7-8-15(11)20-18(21)22-3)23-10-13-5-4-6-16-17(13)24-12(2)19-16/h4-9H,10H2,1-3H3,(H,20,21). The number of ether oxygens (including phenoxy) is 2. The average Bonchev–Trinajstić information content (AvgIpc) is 2.95. The van der Waals surface area contributed by atoms with E-state index in [1.807, 2.05) is 38.1 Å². The lowest BCUT2D eigenvalue weighted by molar-refractivity contribution is 0.187. The van der Waals surface area contributed by atoms with Gasteiger partial charge in [-0.25, -0.2) is 9.78 Å². The van der Waals surface area contributed by atoms with Gasteiger partial charge in [0.25, 0.3) is 0 Å². The summed E-state index contributed by atoms with van der Waals surface area (Å²) >= 11 is 1.68. The van der Waals surface area contributed by atoms with E-state index in [1.165, 1.54) is 7.11 Å². The average molecular weight is 342 g/mol. The minimum Gasteiger partial charge on any atom is -0.489 e. The molecule has 6 heteroatoms. The number of nitrogens with one attached hydrogen (secondary N) is 1. The lowest BCUT2D eigenvalue weighted by Crippen LogP contribution is -2.11. The van der Waals surface area contributed by atoms with Gasteiger partial charge in [0.2, 0.25) is 0 Å². The Balaban J connectivity index is 1.74. The fourth-order valence-electron chi connectivity index (χ4n) is 2.42. The number of thiazole rings is 1. The minimum absolute atomic E-state index is 0.474. The number of hydrogen-bond acceptors (Lipinski definition) is 5. The highest BCUT2D eigenvalue weighted by atomic mass is 32.1. The van der Waals surface area contributed by atoms with Crippen LogP contribution in [0.25, 0.3) is 10.2 Å². The zero-order valence-electron chi connectivity index (χ0n) is 13.8. The molecule has 2 aromatic carbocycles. The van der Waals surface area contributed by atoms with Crippen LogP contribution in [0.2, 0.25) is 0 Å². The normalized spacial score (nSPS) is 10.6. The number of aromatic nitrogens is 1. The predicted octanol–water partition coefficient (Wildman–Crippen LogP) is 4.67. The number of methoxy groups -OCH3 is 1. The first-order chi connectivity index (χ1) is 11.6. The van der Waals surface area contributed by atoms with Gasteiger partial charge in [-0.15, -0.1) is 11.3 Å². The van der Waals surface area contributed by atoms with E-state index in [-0.39, 0.29) is 0 Å². The summed E-state index contributed by atoms with van der Waals surface area (Å²) in [5, 5.41) is 3.71. The van der Waals surface area contributed by atoms with E-state index >= 15 is 0 Å². The van der Waals surface area contributed by atoms with Crippen LogP contribution >= 0.6 is 11.3 Å². The second-order valence-corrected chi connectivity index (χ2v) is 6.58. The zero-order chi connectivity index (χ0) is 17.1. The molecule has 1 aromatic heterocycles. The number of fused-ring (bicyclic) bond motifs is 1. The number of carbonyl (C=O) groups is 1. The number of benzene rings is 2. The van der Waals surface area contributed by atoms with Crippen molar-refractivity contribution in [3.05, 3.63) is 52.5 Å². The first-order valence-electron chi connectivity index (χ1n) is 7.50. The Morgan fingerprint density at radius 2 is 2.08 bits per heavy atom. The Labute approximate surface area is 144 Å². The Morgan fingerprint density at radius 1 is 1.25 bits per heavy atom. The number of aryl methyl sites for hydroxylation is 2. The molecule has 0 saturated heterocycles. The van der Waals surface area contributed by atoms with Gasteiger partial charge in [-0.3, -0.25) is 5.32 Å². The van der Waals surface area contributed by atoms with Gasteiger partial charge in [0.05, 0.1) is 22.3 Å². The fraction of sp³-hybridized carbons (Fsp3) is 0.222. The molecule has 0 aliphatic rings. The van der Waals surface area contributed by atoms with Crippen LogP contribution in [0.3, 0.4) is 0 Å². The van der Waals surface area contributed by atoms with Gasteiger partial charge >= 0.3 is 6.09 Å². The molecule has 0 aliphatic heterocycles. The molecule has 5 nitrogen and oxygen atoms in total. The molecule has 1 amide bonds. The molecule has 0 radical (unpaired) electrons. The summed E-state index contributed by atoms with van der Waals surface area (Å²) in [6.45, 7) is 4.39. The van der Waals surface area contributed by atoms with Crippen LogP contribution in [0.15, 0.2) is 36.4 Å². The van der Waals surface area contributed by atoms with Crippen molar-refractivity contribution in [2.45, 2.75) is 20.5 Å². The van der Waals surface area contributed by atoms with Gasteiger partial charge in [0.1, 0.15) is 12.4 Å². The first-order valence-corrected chi connectivity index (χ1v) is 8.32. The van der Waals surface area contributed by atoms with Crippen molar-refractivity contribution in [1.29, 1.82) is 0 Å². The highest BCUT2D eigenvalue weighted by Crippen LogP contribution is 2.27. The third-order valence-electron chi connectivity index (χ3n) is 3.62. The summed E-state index contributed by atoms with van der Waals surface area (Å²) in [5.41, 5.74) is 3.74. The monoisotopic (exact) mass is 342 g/mol. The quantitative estimate of drug-likeness (QED) is 0.748. The lowest BCUT2D eigenvalue weighted by atomic mass is 10.2. The van der Waals surface area contributed by atoms with E-state index in [2.05, 4.69) is 21.1 Å². The van der Waals surface area contributed by atoms with Gasteiger partial charge in [-0.2, -0.15) is 0 Å². The van der Waals surface area contributed by atoms with E-state index in [9.17, 15) is 4.79 Å². The van der Waals surface area contributed by atoms with Crippen LogP contribution < -0.4 is 10.1 Å². The SMILES string of the molecule is COC(=O)Nc1ccc(OCc2cccc3nc(C)sc23)cc1C. The predicted molar refractivity (Wildman–Crippen MR) is 95.9 cm³/mol. The van der Waals surface area contributed by atoms with Crippen molar-refractivity contribution in [3.63, 3.8) is 0 Å². The summed E-state index contributed by atoms with van der Waals surface area (Å²) in [4.78, 5) is 15.8. The summed E-state index contributed by atoms with van der Waals surface area (Å²) in [5.74, 6) is 0.751. The third-order valence-corrected chi connectivity index (χ3v) is 4.68. The maximum absolute atomic E-state index is 11.3. The van der Waals surface area contributed by atoms with Crippen LogP contribution in [0.5, 0.6) is 5.75 Å². The molecular weight excluding hydrogens is 324 g/mol. The van der Waals surface area contributed by atoms with E-state index in [1.54, 1.807) is 17.4 Å². The van der Waals surface area contributed by atoms with Crippen LogP contribution in [-0.4, -0.2) is 18.2 Å². The Kier molecular flexibility index (Phi) is 4.66. The third kappa shape index (κ3) is 3.49. The molecule has 0 unspecified atom stereocenters. The largest absolute Gasteiger partial charge is 0.489 e. The number of hydrogen-bond donors (Lipinski definition) is 1. The number of carbonyl (C=O) groups excluding carboxylic acids is 1. The van der Waals surface area contributed by atoms with Gasteiger partial charge < -0.3 is 9.47 Å². The highest BCUT2D eigenvalue weighted by molar-refractivity contribution is 7.18. The van der Waals surface area contributed by atoms with Gasteiger partial charge in [-0.05, 0) is 43.7 Å². The Hall–Kier alpha value is -2.60. The second kappa shape index (κ2) is 6.88. The Morgan fingerprint density at radius 3 is 2.83 bits per heavy atom. The molecule has 0 bridgehead atoms. The van der Waals surface area contributed by atoms with Crippen molar-refractivity contribution >= 4 is 33.3 Å². The molecule has 124 valence electrons. The topological polar surface area (TPSA) is 60.5 Å². The molecule has 1 N–H and O–H groups in total. The smallest absolute Gasteiger partial charge is 0.411 e. The maximum atomic E-state index is 11.3. The van der Waals surface area contributed by atoms with Crippen molar-refractivity contribution < 1.29 is 14.3 Å². The highest BCUT2D eigenvalue weighted by Gasteiger charge is 2.08. The van der Waals surface area contributed by atoms with Crippen molar-refractivity contribution in [1.82, 2.24) is 4.98 Å². The zero-order valence-corrected chi connectivity index (χ0v) is 14.6.